The Morgan fingerprint density at radius 2 is 2.08 bits per heavy atom. The van der Waals surface area contributed by atoms with E-state index in [1.807, 2.05) is 17.0 Å². The highest BCUT2D eigenvalue weighted by atomic mass is 16.2. The molecular formula is C20H24N4O2. The maximum Gasteiger partial charge on any atom is 0.269 e. The van der Waals surface area contributed by atoms with Crippen LogP contribution in [-0.2, 0) is 24.8 Å². The molecule has 2 heterocycles. The van der Waals surface area contributed by atoms with Crippen molar-refractivity contribution in [2.45, 2.75) is 38.6 Å². The molecular weight excluding hydrogens is 328 g/mol. The lowest BCUT2D eigenvalue weighted by atomic mass is 9.83. The molecule has 1 aromatic heterocycles. The fourth-order valence-electron chi connectivity index (χ4n) is 3.73. The summed E-state index contributed by atoms with van der Waals surface area (Å²) < 4.78 is 1.56. The van der Waals surface area contributed by atoms with E-state index in [1.165, 1.54) is 12.0 Å². The molecule has 1 N–H and O–H groups in total. The average molecular weight is 352 g/mol. The van der Waals surface area contributed by atoms with E-state index in [2.05, 4.69) is 16.5 Å². The number of amides is 2. The van der Waals surface area contributed by atoms with Crippen molar-refractivity contribution in [2.75, 3.05) is 11.4 Å². The van der Waals surface area contributed by atoms with Crippen molar-refractivity contribution < 1.29 is 9.59 Å². The van der Waals surface area contributed by atoms with Crippen LogP contribution in [0.5, 0.6) is 0 Å². The Bertz CT molecular complexity index is 838. The fraction of sp³-hybridized carbons (Fsp3) is 0.450. The molecule has 1 aliphatic heterocycles. The van der Waals surface area contributed by atoms with Crippen molar-refractivity contribution in [3.05, 3.63) is 47.3 Å². The van der Waals surface area contributed by atoms with Gasteiger partial charge in [0.25, 0.3) is 5.91 Å². The summed E-state index contributed by atoms with van der Waals surface area (Å²) in [5.74, 6) is 0.373. The summed E-state index contributed by atoms with van der Waals surface area (Å²) in [7, 11) is 1.75. The zero-order valence-corrected chi connectivity index (χ0v) is 15.1. The predicted octanol–water partition coefficient (Wildman–Crippen LogP) is 2.43. The van der Waals surface area contributed by atoms with Crippen LogP contribution in [0.4, 0.5) is 5.69 Å². The van der Waals surface area contributed by atoms with E-state index in [-0.39, 0.29) is 17.7 Å². The van der Waals surface area contributed by atoms with Gasteiger partial charge in [0.05, 0.1) is 0 Å². The molecule has 0 saturated heterocycles. The molecule has 1 aromatic carbocycles. The highest BCUT2D eigenvalue weighted by Gasteiger charge is 2.32. The van der Waals surface area contributed by atoms with Crippen LogP contribution >= 0.6 is 0 Å². The van der Waals surface area contributed by atoms with Crippen molar-refractivity contribution in [1.29, 1.82) is 0 Å². The van der Waals surface area contributed by atoms with Crippen LogP contribution in [0.1, 0.15) is 47.3 Å². The Kier molecular flexibility index (Phi) is 4.49. The van der Waals surface area contributed by atoms with Crippen LogP contribution in [0, 0.1) is 5.92 Å². The lowest BCUT2D eigenvalue weighted by molar-refractivity contribution is -0.124. The van der Waals surface area contributed by atoms with Crippen molar-refractivity contribution in [3.63, 3.8) is 0 Å². The van der Waals surface area contributed by atoms with E-state index in [1.54, 1.807) is 24.0 Å². The first-order valence-corrected chi connectivity index (χ1v) is 9.33. The third-order valence-electron chi connectivity index (χ3n) is 5.49. The average Bonchev–Trinajstić information content (AvgIpc) is 3.03. The van der Waals surface area contributed by atoms with Gasteiger partial charge in [-0.1, -0.05) is 18.6 Å². The van der Waals surface area contributed by atoms with Gasteiger partial charge >= 0.3 is 0 Å². The number of rotatable bonds is 4. The van der Waals surface area contributed by atoms with E-state index >= 15 is 0 Å². The first-order chi connectivity index (χ1) is 12.6. The highest BCUT2D eigenvalue weighted by Crippen LogP contribution is 2.34. The SMILES string of the molecule is Cn1nccc1C(=O)NCc1ccc2c(c1)CCCN2C(=O)C1CCC1. The van der Waals surface area contributed by atoms with Crippen molar-refractivity contribution >= 4 is 17.5 Å². The van der Waals surface area contributed by atoms with Crippen LogP contribution in [-0.4, -0.2) is 28.1 Å². The minimum atomic E-state index is -0.135. The number of aromatic nitrogens is 2. The van der Waals surface area contributed by atoms with Crippen LogP contribution in [0.15, 0.2) is 30.5 Å². The molecule has 0 bridgehead atoms. The second-order valence-corrected chi connectivity index (χ2v) is 7.21. The van der Waals surface area contributed by atoms with E-state index < -0.39 is 0 Å². The van der Waals surface area contributed by atoms with Gasteiger partial charge in [0.15, 0.2) is 0 Å². The van der Waals surface area contributed by atoms with Gasteiger partial charge in [-0.05, 0) is 48.9 Å². The second-order valence-electron chi connectivity index (χ2n) is 7.21. The molecule has 0 unspecified atom stereocenters. The summed E-state index contributed by atoms with van der Waals surface area (Å²) in [6.07, 6.45) is 6.82. The summed E-state index contributed by atoms with van der Waals surface area (Å²) in [5, 5.41) is 6.96. The van der Waals surface area contributed by atoms with Crippen LogP contribution in [0.3, 0.4) is 0 Å². The van der Waals surface area contributed by atoms with E-state index in [4.69, 9.17) is 0 Å². The summed E-state index contributed by atoms with van der Waals surface area (Å²) in [6, 6.07) is 7.87. The van der Waals surface area contributed by atoms with Crippen LogP contribution in [0.25, 0.3) is 0 Å². The van der Waals surface area contributed by atoms with Gasteiger partial charge in [0.2, 0.25) is 5.91 Å². The molecule has 0 radical (unpaired) electrons. The molecule has 26 heavy (non-hydrogen) atoms. The van der Waals surface area contributed by atoms with Crippen molar-refractivity contribution in [1.82, 2.24) is 15.1 Å². The molecule has 2 aromatic rings. The van der Waals surface area contributed by atoms with Gasteiger partial charge in [-0.15, -0.1) is 0 Å². The van der Waals surface area contributed by atoms with E-state index in [9.17, 15) is 9.59 Å². The van der Waals surface area contributed by atoms with Gasteiger partial charge in [-0.25, -0.2) is 0 Å². The molecule has 1 aliphatic carbocycles. The topological polar surface area (TPSA) is 67.2 Å². The number of hydrogen-bond donors (Lipinski definition) is 1. The Balaban J connectivity index is 1.46. The number of carbonyl (C=O) groups excluding carboxylic acids is 2. The van der Waals surface area contributed by atoms with Gasteiger partial charge in [0.1, 0.15) is 5.69 Å². The fourth-order valence-corrected chi connectivity index (χ4v) is 3.73. The first kappa shape index (κ1) is 16.8. The van der Waals surface area contributed by atoms with Gasteiger partial charge in [-0.3, -0.25) is 14.3 Å². The third-order valence-corrected chi connectivity index (χ3v) is 5.49. The number of hydrogen-bond acceptors (Lipinski definition) is 3. The van der Waals surface area contributed by atoms with Crippen molar-refractivity contribution in [3.8, 4) is 0 Å². The Hall–Kier alpha value is -2.63. The number of nitrogens with zero attached hydrogens (tertiary/aromatic N) is 3. The Morgan fingerprint density at radius 1 is 1.23 bits per heavy atom. The van der Waals surface area contributed by atoms with Gasteiger partial charge in [0, 0.05) is 37.9 Å². The number of anilines is 1. The second kappa shape index (κ2) is 6.94. The summed E-state index contributed by atoms with van der Waals surface area (Å²) >= 11 is 0. The molecule has 1 saturated carbocycles. The van der Waals surface area contributed by atoms with Crippen LogP contribution in [0.2, 0.25) is 0 Å². The maximum atomic E-state index is 12.7. The zero-order valence-electron chi connectivity index (χ0n) is 15.1. The smallest absolute Gasteiger partial charge is 0.269 e. The van der Waals surface area contributed by atoms with Crippen molar-refractivity contribution in [2.24, 2.45) is 13.0 Å². The number of fused-ring (bicyclic) bond motifs is 1. The Labute approximate surface area is 153 Å². The van der Waals surface area contributed by atoms with E-state index in [0.29, 0.717) is 12.2 Å². The molecule has 0 spiro atoms. The molecule has 136 valence electrons. The molecule has 4 rings (SSSR count). The monoisotopic (exact) mass is 352 g/mol. The molecule has 0 atom stereocenters. The highest BCUT2D eigenvalue weighted by molar-refractivity contribution is 5.96. The van der Waals surface area contributed by atoms with Crippen LogP contribution < -0.4 is 10.2 Å². The lowest BCUT2D eigenvalue weighted by Crippen LogP contribution is -2.41. The number of benzene rings is 1. The molecule has 6 nitrogen and oxygen atoms in total. The number of nitrogens with one attached hydrogen (secondary N) is 1. The Morgan fingerprint density at radius 3 is 2.77 bits per heavy atom. The standard InChI is InChI=1S/C20H24N4O2/c1-23-18(9-10-22-23)19(25)21-13-14-7-8-17-16(12-14)6-3-11-24(17)20(26)15-4-2-5-15/h7-10,12,15H,2-6,11,13H2,1H3,(H,21,25). The number of carbonyl (C=O) groups is 2. The minimum absolute atomic E-state index is 0.135. The number of aryl methyl sites for hydroxylation is 2. The summed E-state index contributed by atoms with van der Waals surface area (Å²) in [4.78, 5) is 26.9. The van der Waals surface area contributed by atoms with E-state index in [0.717, 1.165) is 43.5 Å². The summed E-state index contributed by atoms with van der Waals surface area (Å²) in [5.41, 5.74) is 3.85. The normalized spacial score (nSPS) is 16.7. The summed E-state index contributed by atoms with van der Waals surface area (Å²) in [6.45, 7) is 1.28. The quantitative estimate of drug-likeness (QED) is 0.919. The molecule has 1 fully saturated rings. The third kappa shape index (κ3) is 3.11. The minimum Gasteiger partial charge on any atom is -0.347 e. The first-order valence-electron chi connectivity index (χ1n) is 9.33. The zero-order chi connectivity index (χ0) is 18.1. The largest absolute Gasteiger partial charge is 0.347 e. The molecule has 2 amide bonds. The predicted molar refractivity (Wildman–Crippen MR) is 98.8 cm³/mol. The van der Waals surface area contributed by atoms with Gasteiger partial charge in [-0.2, -0.15) is 5.10 Å². The molecule has 2 aliphatic rings. The maximum absolute atomic E-state index is 12.7. The lowest BCUT2D eigenvalue weighted by Gasteiger charge is -2.35. The molecule has 6 heteroatoms. The van der Waals surface area contributed by atoms with Gasteiger partial charge < -0.3 is 10.2 Å².